The predicted molar refractivity (Wildman–Crippen MR) is 87.4 cm³/mol. The van der Waals surface area contributed by atoms with Gasteiger partial charge in [-0.3, -0.25) is 4.79 Å². The molecule has 1 fully saturated rings. The number of hydrogen-bond acceptors (Lipinski definition) is 5. The van der Waals surface area contributed by atoms with Crippen LogP contribution in [0.1, 0.15) is 10.6 Å². The van der Waals surface area contributed by atoms with Gasteiger partial charge in [0.05, 0.1) is 19.3 Å². The highest BCUT2D eigenvalue weighted by Gasteiger charge is 2.33. The molecule has 1 saturated heterocycles. The lowest BCUT2D eigenvalue weighted by Gasteiger charge is -2.34. The molecular formula is C18H20FNO5. The van der Waals surface area contributed by atoms with Gasteiger partial charge in [0, 0.05) is 25.1 Å². The lowest BCUT2D eigenvalue weighted by atomic mass is 9.96. The monoisotopic (exact) mass is 349 g/mol. The fourth-order valence-corrected chi connectivity index (χ4v) is 2.86. The van der Waals surface area contributed by atoms with Crippen LogP contribution in [0.5, 0.6) is 0 Å². The predicted octanol–water partition coefficient (Wildman–Crippen LogP) is 1.53. The highest BCUT2D eigenvalue weighted by atomic mass is 19.1. The Labute approximate surface area is 144 Å². The summed E-state index contributed by atoms with van der Waals surface area (Å²) in [5, 5.41) is 19.6. The molecule has 0 aliphatic carbocycles. The van der Waals surface area contributed by atoms with Crippen molar-refractivity contribution in [3.63, 3.8) is 0 Å². The second-order valence-corrected chi connectivity index (χ2v) is 6.21. The van der Waals surface area contributed by atoms with E-state index in [4.69, 9.17) is 9.15 Å². The Balaban J connectivity index is 1.67. The van der Waals surface area contributed by atoms with Crippen LogP contribution in [0.2, 0.25) is 0 Å². The first kappa shape index (κ1) is 17.6. The van der Waals surface area contributed by atoms with Crippen LogP contribution in [0.4, 0.5) is 4.39 Å². The average Bonchev–Trinajstić information content (AvgIpc) is 3.09. The van der Waals surface area contributed by atoms with Gasteiger partial charge in [-0.05, 0) is 36.4 Å². The highest BCUT2D eigenvalue weighted by Crippen LogP contribution is 2.24. The highest BCUT2D eigenvalue weighted by molar-refractivity contribution is 5.92. The quantitative estimate of drug-likeness (QED) is 0.875. The number of amides is 1. The Morgan fingerprint density at radius 3 is 2.64 bits per heavy atom. The zero-order valence-electron chi connectivity index (χ0n) is 13.8. The fraction of sp³-hybridized carbons (Fsp3) is 0.389. The molecule has 3 atom stereocenters. The molecule has 0 spiro atoms. The van der Waals surface area contributed by atoms with Gasteiger partial charge in [0.25, 0.3) is 5.91 Å². The Bertz CT molecular complexity index is 729. The molecule has 1 aromatic heterocycles. The van der Waals surface area contributed by atoms with E-state index in [0.29, 0.717) is 11.3 Å². The number of ether oxygens (including phenoxy) is 1. The molecule has 2 aromatic rings. The zero-order valence-corrected chi connectivity index (χ0v) is 13.8. The van der Waals surface area contributed by atoms with Crippen molar-refractivity contribution in [2.24, 2.45) is 5.92 Å². The number of rotatable bonds is 4. The molecule has 0 radical (unpaired) electrons. The van der Waals surface area contributed by atoms with E-state index in [1.54, 1.807) is 31.3 Å². The molecule has 3 rings (SSSR count). The van der Waals surface area contributed by atoms with Crippen LogP contribution in [0, 0.1) is 11.7 Å². The molecule has 0 saturated carbocycles. The number of furan rings is 1. The second-order valence-electron chi connectivity index (χ2n) is 6.21. The summed E-state index contributed by atoms with van der Waals surface area (Å²) in [7, 11) is 1.59. The van der Waals surface area contributed by atoms with Crippen molar-refractivity contribution in [3.8, 4) is 11.3 Å². The Hall–Kier alpha value is -2.22. The fourth-order valence-electron chi connectivity index (χ4n) is 2.86. The average molecular weight is 349 g/mol. The zero-order chi connectivity index (χ0) is 18.0. The van der Waals surface area contributed by atoms with E-state index in [2.05, 4.69) is 0 Å². The lowest BCUT2D eigenvalue weighted by molar-refractivity contribution is -0.123. The maximum atomic E-state index is 13.0. The van der Waals surface area contributed by atoms with Crippen LogP contribution >= 0.6 is 0 Å². The molecule has 7 heteroatoms. The van der Waals surface area contributed by atoms with Crippen molar-refractivity contribution in [3.05, 3.63) is 48.0 Å². The first-order valence-electron chi connectivity index (χ1n) is 8.01. The summed E-state index contributed by atoms with van der Waals surface area (Å²) >= 11 is 0. The first-order chi connectivity index (χ1) is 12.0. The third kappa shape index (κ3) is 3.89. The van der Waals surface area contributed by atoms with Gasteiger partial charge in [-0.15, -0.1) is 0 Å². The number of nitrogens with zero attached hydrogens (tertiary/aromatic N) is 1. The van der Waals surface area contributed by atoms with E-state index in [0.717, 1.165) is 0 Å². The van der Waals surface area contributed by atoms with Gasteiger partial charge in [0.2, 0.25) is 0 Å². The van der Waals surface area contributed by atoms with Crippen LogP contribution in [-0.2, 0) is 4.74 Å². The molecule has 134 valence electrons. The van der Waals surface area contributed by atoms with Gasteiger partial charge in [0.1, 0.15) is 17.7 Å². The molecule has 1 amide bonds. The van der Waals surface area contributed by atoms with Crippen molar-refractivity contribution in [2.45, 2.75) is 12.2 Å². The molecule has 0 bridgehead atoms. The van der Waals surface area contributed by atoms with Crippen molar-refractivity contribution < 1.29 is 28.6 Å². The SMILES string of the molecule is CN(C[C@@H]1COC[C@@H](O)[C@H]1O)C(=O)c1ccc(-c2ccc(F)cc2)o1. The molecule has 2 N–H and O–H groups in total. The number of hydrogen-bond donors (Lipinski definition) is 2. The van der Waals surface area contributed by atoms with Crippen LogP contribution in [0.15, 0.2) is 40.8 Å². The van der Waals surface area contributed by atoms with Crippen molar-refractivity contribution >= 4 is 5.91 Å². The standard InChI is InChI=1S/C18H20FNO5/c1-20(8-12-9-24-10-14(21)17(12)22)18(23)16-7-6-15(25-16)11-2-4-13(19)5-3-11/h2-7,12,14,17,21-22H,8-10H2,1H3/t12-,14-,17+/m1/s1. The van der Waals surface area contributed by atoms with Gasteiger partial charge >= 0.3 is 0 Å². The summed E-state index contributed by atoms with van der Waals surface area (Å²) in [6.45, 7) is 0.590. The minimum atomic E-state index is -0.948. The maximum absolute atomic E-state index is 13.0. The number of carbonyl (C=O) groups is 1. The summed E-state index contributed by atoms with van der Waals surface area (Å²) in [6, 6.07) is 8.99. The Morgan fingerprint density at radius 1 is 1.20 bits per heavy atom. The summed E-state index contributed by atoms with van der Waals surface area (Å²) in [6.07, 6.45) is -1.88. The minimum absolute atomic E-state index is 0.0918. The van der Waals surface area contributed by atoms with E-state index in [9.17, 15) is 19.4 Å². The van der Waals surface area contributed by atoms with Crippen molar-refractivity contribution in [1.82, 2.24) is 4.90 Å². The molecule has 1 aromatic carbocycles. The maximum Gasteiger partial charge on any atom is 0.289 e. The first-order valence-corrected chi connectivity index (χ1v) is 8.01. The topological polar surface area (TPSA) is 83.1 Å². The van der Waals surface area contributed by atoms with Gasteiger partial charge in [0.15, 0.2) is 5.76 Å². The lowest BCUT2D eigenvalue weighted by Crippen LogP contribution is -2.48. The van der Waals surface area contributed by atoms with E-state index >= 15 is 0 Å². The van der Waals surface area contributed by atoms with E-state index in [1.165, 1.54) is 17.0 Å². The molecule has 0 unspecified atom stereocenters. The van der Waals surface area contributed by atoms with Crippen molar-refractivity contribution in [1.29, 1.82) is 0 Å². The number of aliphatic hydroxyl groups excluding tert-OH is 2. The van der Waals surface area contributed by atoms with Crippen LogP contribution in [-0.4, -0.2) is 60.0 Å². The second kappa shape index (κ2) is 7.35. The number of aliphatic hydroxyl groups is 2. The summed E-state index contributed by atoms with van der Waals surface area (Å²) in [5.41, 5.74) is 0.669. The summed E-state index contributed by atoms with van der Waals surface area (Å²) < 4.78 is 23.8. The Morgan fingerprint density at radius 2 is 1.92 bits per heavy atom. The molecule has 6 nitrogen and oxygen atoms in total. The number of halogens is 1. The summed E-state index contributed by atoms with van der Waals surface area (Å²) in [4.78, 5) is 13.9. The minimum Gasteiger partial charge on any atom is -0.451 e. The van der Waals surface area contributed by atoms with E-state index in [1.807, 2.05) is 0 Å². The van der Waals surface area contributed by atoms with Crippen LogP contribution < -0.4 is 0 Å². The van der Waals surface area contributed by atoms with Crippen LogP contribution in [0.25, 0.3) is 11.3 Å². The van der Waals surface area contributed by atoms with Gasteiger partial charge in [-0.25, -0.2) is 4.39 Å². The molecule has 25 heavy (non-hydrogen) atoms. The number of carbonyl (C=O) groups excluding carboxylic acids is 1. The third-order valence-electron chi connectivity index (χ3n) is 4.30. The van der Waals surface area contributed by atoms with E-state index in [-0.39, 0.29) is 43.2 Å². The summed E-state index contributed by atoms with van der Waals surface area (Å²) in [5.74, 6) is -0.451. The van der Waals surface area contributed by atoms with Crippen LogP contribution in [0.3, 0.4) is 0 Å². The van der Waals surface area contributed by atoms with Gasteiger partial charge in [-0.1, -0.05) is 0 Å². The molecular weight excluding hydrogens is 329 g/mol. The smallest absolute Gasteiger partial charge is 0.289 e. The van der Waals surface area contributed by atoms with Gasteiger partial charge in [-0.2, -0.15) is 0 Å². The molecule has 1 aliphatic heterocycles. The number of benzene rings is 1. The molecule has 1 aliphatic rings. The van der Waals surface area contributed by atoms with Crippen molar-refractivity contribution in [2.75, 3.05) is 26.8 Å². The largest absolute Gasteiger partial charge is 0.451 e. The van der Waals surface area contributed by atoms with Gasteiger partial charge < -0.3 is 24.3 Å². The third-order valence-corrected chi connectivity index (χ3v) is 4.30. The Kier molecular flexibility index (Phi) is 5.17. The normalized spacial score (nSPS) is 23.4. The molecule has 2 heterocycles. The van der Waals surface area contributed by atoms with E-state index < -0.39 is 12.2 Å².